The fourth-order valence-corrected chi connectivity index (χ4v) is 2.36. The number of carboxylic acids is 1. The van der Waals surface area contributed by atoms with E-state index in [0.29, 0.717) is 0 Å². The van der Waals surface area contributed by atoms with Gasteiger partial charge in [-0.3, -0.25) is 14.5 Å². The van der Waals surface area contributed by atoms with Gasteiger partial charge in [0.15, 0.2) is 0 Å². The third-order valence-corrected chi connectivity index (χ3v) is 3.14. The molecule has 0 spiro atoms. The summed E-state index contributed by atoms with van der Waals surface area (Å²) < 4.78 is 0. The molecular weight excluding hydrogens is 232 g/mol. The first-order valence-electron chi connectivity index (χ1n) is 6.60. The number of carbonyl (C=O) groups is 2. The van der Waals surface area contributed by atoms with Gasteiger partial charge in [-0.15, -0.1) is 0 Å². The van der Waals surface area contributed by atoms with Crippen molar-refractivity contribution in [2.24, 2.45) is 0 Å². The molecule has 1 N–H and O–H groups in total. The highest BCUT2D eigenvalue weighted by Crippen LogP contribution is 2.26. The summed E-state index contributed by atoms with van der Waals surface area (Å²) in [7, 11) is 0. The molecule has 1 saturated carbocycles. The van der Waals surface area contributed by atoms with Crippen LogP contribution in [0.5, 0.6) is 0 Å². The average molecular weight is 256 g/mol. The lowest BCUT2D eigenvalue weighted by Crippen LogP contribution is -2.48. The second-order valence-corrected chi connectivity index (χ2v) is 5.52. The maximum Gasteiger partial charge on any atom is 0.317 e. The van der Waals surface area contributed by atoms with Gasteiger partial charge in [-0.25, -0.2) is 0 Å². The maximum absolute atomic E-state index is 12.2. The van der Waals surface area contributed by atoms with Gasteiger partial charge in [-0.05, 0) is 40.5 Å². The predicted molar refractivity (Wildman–Crippen MR) is 69.3 cm³/mol. The number of amides is 1. The van der Waals surface area contributed by atoms with Crippen molar-refractivity contribution in [3.05, 3.63) is 0 Å². The van der Waals surface area contributed by atoms with Gasteiger partial charge in [0.1, 0.15) is 0 Å². The van der Waals surface area contributed by atoms with Crippen LogP contribution in [0.4, 0.5) is 0 Å². The lowest BCUT2D eigenvalue weighted by Gasteiger charge is -2.33. The van der Waals surface area contributed by atoms with Gasteiger partial charge in [0, 0.05) is 18.1 Å². The second-order valence-electron chi connectivity index (χ2n) is 5.52. The monoisotopic (exact) mass is 256 g/mol. The zero-order chi connectivity index (χ0) is 13.9. The zero-order valence-electron chi connectivity index (χ0n) is 11.7. The average Bonchev–Trinajstić information content (AvgIpc) is 2.96. The van der Waals surface area contributed by atoms with Crippen molar-refractivity contribution in [2.75, 3.05) is 13.1 Å². The van der Waals surface area contributed by atoms with E-state index in [1.54, 1.807) is 4.90 Å². The molecule has 18 heavy (non-hydrogen) atoms. The van der Waals surface area contributed by atoms with Crippen LogP contribution in [0.3, 0.4) is 0 Å². The van der Waals surface area contributed by atoms with Crippen LogP contribution in [0.25, 0.3) is 0 Å². The Morgan fingerprint density at radius 2 is 1.61 bits per heavy atom. The van der Waals surface area contributed by atoms with Crippen LogP contribution in [-0.4, -0.2) is 58.0 Å². The molecule has 0 atom stereocenters. The SMILES string of the molecule is CC(C)N(C(=O)CN(CC(=O)O)C1CC1)C(C)C. The van der Waals surface area contributed by atoms with Crippen molar-refractivity contribution < 1.29 is 14.7 Å². The zero-order valence-corrected chi connectivity index (χ0v) is 11.7. The fourth-order valence-electron chi connectivity index (χ4n) is 2.36. The standard InChI is InChI=1S/C13H24N2O3/c1-9(2)15(10(3)4)12(16)7-14(8-13(17)18)11-5-6-11/h9-11H,5-8H2,1-4H3,(H,17,18). The van der Waals surface area contributed by atoms with Gasteiger partial charge in [0.2, 0.25) is 5.91 Å². The minimum absolute atomic E-state index is 0.0214. The lowest BCUT2D eigenvalue weighted by molar-refractivity contribution is -0.141. The van der Waals surface area contributed by atoms with Gasteiger partial charge in [0.05, 0.1) is 13.1 Å². The predicted octanol–water partition coefficient (Wildman–Crippen LogP) is 1.18. The molecule has 0 radical (unpaired) electrons. The molecule has 0 aromatic rings. The summed E-state index contributed by atoms with van der Waals surface area (Å²) in [4.78, 5) is 26.6. The Kier molecular flexibility index (Phi) is 5.14. The van der Waals surface area contributed by atoms with Crippen LogP contribution >= 0.6 is 0 Å². The first kappa shape index (κ1) is 15.0. The molecule has 104 valence electrons. The van der Waals surface area contributed by atoms with Crippen LogP contribution in [0, 0.1) is 0 Å². The molecule has 0 aliphatic heterocycles. The Bertz CT molecular complexity index is 303. The molecule has 1 fully saturated rings. The first-order valence-corrected chi connectivity index (χ1v) is 6.60. The molecule has 1 aliphatic carbocycles. The molecule has 0 bridgehead atoms. The van der Waals surface area contributed by atoms with Crippen LogP contribution in [0.1, 0.15) is 40.5 Å². The van der Waals surface area contributed by atoms with Crippen molar-refractivity contribution in [1.29, 1.82) is 0 Å². The van der Waals surface area contributed by atoms with Gasteiger partial charge in [-0.2, -0.15) is 0 Å². The number of carbonyl (C=O) groups excluding carboxylic acids is 1. The van der Waals surface area contributed by atoms with E-state index in [9.17, 15) is 9.59 Å². The third-order valence-electron chi connectivity index (χ3n) is 3.14. The summed E-state index contributed by atoms with van der Waals surface area (Å²) >= 11 is 0. The van der Waals surface area contributed by atoms with E-state index in [1.807, 2.05) is 32.6 Å². The van der Waals surface area contributed by atoms with Crippen molar-refractivity contribution in [2.45, 2.75) is 58.7 Å². The third kappa shape index (κ3) is 4.29. The van der Waals surface area contributed by atoms with Gasteiger partial charge in [0.25, 0.3) is 0 Å². The minimum Gasteiger partial charge on any atom is -0.480 e. The van der Waals surface area contributed by atoms with Crippen LogP contribution < -0.4 is 0 Å². The van der Waals surface area contributed by atoms with Crippen molar-refractivity contribution >= 4 is 11.9 Å². The van der Waals surface area contributed by atoms with Crippen LogP contribution in [-0.2, 0) is 9.59 Å². The van der Waals surface area contributed by atoms with E-state index in [2.05, 4.69) is 0 Å². The highest BCUT2D eigenvalue weighted by atomic mass is 16.4. The number of aliphatic carboxylic acids is 1. The van der Waals surface area contributed by atoms with Crippen molar-refractivity contribution in [1.82, 2.24) is 9.80 Å². The summed E-state index contributed by atoms with van der Waals surface area (Å²) in [5, 5.41) is 8.86. The highest BCUT2D eigenvalue weighted by Gasteiger charge is 2.33. The van der Waals surface area contributed by atoms with Gasteiger partial charge >= 0.3 is 5.97 Å². The Hall–Kier alpha value is -1.10. The van der Waals surface area contributed by atoms with E-state index < -0.39 is 5.97 Å². The molecule has 1 aliphatic rings. The normalized spacial score (nSPS) is 15.5. The van der Waals surface area contributed by atoms with Gasteiger partial charge < -0.3 is 10.0 Å². The van der Waals surface area contributed by atoms with E-state index in [-0.39, 0.29) is 37.1 Å². The smallest absolute Gasteiger partial charge is 0.317 e. The number of nitrogens with zero attached hydrogens (tertiary/aromatic N) is 2. The first-order chi connectivity index (χ1) is 8.32. The number of hydrogen-bond donors (Lipinski definition) is 1. The Morgan fingerprint density at radius 1 is 1.11 bits per heavy atom. The Morgan fingerprint density at radius 3 is 1.94 bits per heavy atom. The summed E-state index contributed by atoms with van der Waals surface area (Å²) in [6.45, 7) is 8.11. The van der Waals surface area contributed by atoms with Gasteiger partial charge in [-0.1, -0.05) is 0 Å². The van der Waals surface area contributed by atoms with Crippen LogP contribution in [0.15, 0.2) is 0 Å². The maximum atomic E-state index is 12.2. The fraction of sp³-hybridized carbons (Fsp3) is 0.846. The van der Waals surface area contributed by atoms with Crippen molar-refractivity contribution in [3.63, 3.8) is 0 Å². The summed E-state index contributed by atoms with van der Waals surface area (Å²) in [5.41, 5.74) is 0. The summed E-state index contributed by atoms with van der Waals surface area (Å²) in [5.74, 6) is -0.844. The van der Waals surface area contributed by atoms with E-state index >= 15 is 0 Å². The molecule has 0 aromatic heterocycles. The molecule has 5 heteroatoms. The molecule has 0 aromatic carbocycles. The van der Waals surface area contributed by atoms with E-state index in [1.165, 1.54) is 0 Å². The second kappa shape index (κ2) is 6.18. The molecule has 0 heterocycles. The van der Waals surface area contributed by atoms with E-state index in [0.717, 1.165) is 12.8 Å². The van der Waals surface area contributed by atoms with Crippen LogP contribution in [0.2, 0.25) is 0 Å². The number of hydrogen-bond acceptors (Lipinski definition) is 3. The highest BCUT2D eigenvalue weighted by molar-refractivity contribution is 5.79. The number of carboxylic acid groups (broad SMARTS) is 1. The summed E-state index contributed by atoms with van der Waals surface area (Å²) in [6.07, 6.45) is 2.01. The lowest BCUT2D eigenvalue weighted by atomic mass is 10.2. The molecule has 0 saturated heterocycles. The Balaban J connectivity index is 2.61. The minimum atomic E-state index is -0.865. The topological polar surface area (TPSA) is 60.9 Å². The molecular formula is C13H24N2O3. The van der Waals surface area contributed by atoms with E-state index in [4.69, 9.17) is 5.11 Å². The quantitative estimate of drug-likeness (QED) is 0.743. The Labute approximate surface area is 109 Å². The largest absolute Gasteiger partial charge is 0.480 e. The molecule has 0 unspecified atom stereocenters. The molecule has 5 nitrogen and oxygen atoms in total. The molecule has 1 rings (SSSR count). The number of rotatable bonds is 7. The molecule has 1 amide bonds. The van der Waals surface area contributed by atoms with Crippen molar-refractivity contribution in [3.8, 4) is 0 Å². The summed E-state index contributed by atoms with van der Waals surface area (Å²) in [6, 6.07) is 0.568.